The highest BCUT2D eigenvalue weighted by molar-refractivity contribution is 5.89. The molecule has 1 aromatic heterocycles. The van der Waals surface area contributed by atoms with E-state index in [4.69, 9.17) is 5.11 Å². The van der Waals surface area contributed by atoms with Gasteiger partial charge >= 0.3 is 5.97 Å². The maximum absolute atomic E-state index is 12.2. The summed E-state index contributed by atoms with van der Waals surface area (Å²) >= 11 is 0. The van der Waals surface area contributed by atoms with Crippen molar-refractivity contribution in [1.29, 1.82) is 0 Å². The first-order chi connectivity index (χ1) is 9.65. The van der Waals surface area contributed by atoms with Crippen LogP contribution in [0.2, 0.25) is 0 Å². The quantitative estimate of drug-likeness (QED) is 0.888. The number of aromatic carboxylic acids is 1. The monoisotopic (exact) mass is 271 g/mol. The number of rotatable bonds is 4. The molecule has 0 spiro atoms. The second kappa shape index (κ2) is 4.80. The van der Waals surface area contributed by atoms with Crippen molar-refractivity contribution in [2.75, 3.05) is 5.32 Å². The maximum Gasteiger partial charge on any atom is 0.335 e. The van der Waals surface area contributed by atoms with Crippen LogP contribution in [0.25, 0.3) is 0 Å². The minimum absolute atomic E-state index is 0.161. The van der Waals surface area contributed by atoms with Crippen molar-refractivity contribution in [3.05, 3.63) is 52.6 Å². The summed E-state index contributed by atoms with van der Waals surface area (Å²) in [5.41, 5.74) is 0.507. The van der Waals surface area contributed by atoms with Gasteiger partial charge in [0.2, 0.25) is 0 Å². The van der Waals surface area contributed by atoms with E-state index in [1.54, 1.807) is 29.1 Å². The van der Waals surface area contributed by atoms with E-state index < -0.39 is 5.97 Å². The number of carboxylic acid groups (broad SMARTS) is 1. The van der Waals surface area contributed by atoms with Crippen molar-refractivity contribution in [2.24, 2.45) is 0 Å². The van der Waals surface area contributed by atoms with E-state index in [-0.39, 0.29) is 23.0 Å². The molecular formula is C14H13N3O3. The van der Waals surface area contributed by atoms with Gasteiger partial charge in [-0.15, -0.1) is 0 Å². The van der Waals surface area contributed by atoms with Gasteiger partial charge in [-0.3, -0.25) is 4.79 Å². The predicted molar refractivity (Wildman–Crippen MR) is 73.5 cm³/mol. The summed E-state index contributed by atoms with van der Waals surface area (Å²) < 4.78 is 1.66. The van der Waals surface area contributed by atoms with E-state index in [2.05, 4.69) is 10.3 Å². The van der Waals surface area contributed by atoms with Crippen molar-refractivity contribution in [3.8, 4) is 0 Å². The summed E-state index contributed by atoms with van der Waals surface area (Å²) in [6, 6.07) is 6.55. The number of hydrogen-bond donors (Lipinski definition) is 2. The molecule has 3 rings (SSSR count). The lowest BCUT2D eigenvalue weighted by molar-refractivity contribution is 0.0697. The Morgan fingerprint density at radius 2 is 2.20 bits per heavy atom. The highest BCUT2D eigenvalue weighted by atomic mass is 16.4. The molecule has 0 unspecified atom stereocenters. The highest BCUT2D eigenvalue weighted by Crippen LogP contribution is 2.33. The Morgan fingerprint density at radius 1 is 1.40 bits per heavy atom. The van der Waals surface area contributed by atoms with E-state index in [9.17, 15) is 9.59 Å². The Balaban J connectivity index is 1.91. The lowest BCUT2D eigenvalue weighted by atomic mass is 10.2. The van der Waals surface area contributed by atoms with Crippen LogP contribution >= 0.6 is 0 Å². The lowest BCUT2D eigenvalue weighted by Crippen LogP contribution is -2.22. The van der Waals surface area contributed by atoms with Gasteiger partial charge < -0.3 is 15.0 Å². The third-order valence-electron chi connectivity index (χ3n) is 3.18. The van der Waals surface area contributed by atoms with Crippen LogP contribution < -0.4 is 10.9 Å². The number of carbonyl (C=O) groups is 1. The van der Waals surface area contributed by atoms with E-state index in [0.29, 0.717) is 5.69 Å². The third-order valence-corrected chi connectivity index (χ3v) is 3.18. The van der Waals surface area contributed by atoms with Crippen LogP contribution in [0.4, 0.5) is 11.5 Å². The van der Waals surface area contributed by atoms with Crippen LogP contribution in [0.5, 0.6) is 0 Å². The Morgan fingerprint density at radius 3 is 2.90 bits per heavy atom. The zero-order valence-electron chi connectivity index (χ0n) is 10.6. The minimum atomic E-state index is -1.01. The molecule has 20 heavy (non-hydrogen) atoms. The molecule has 2 aromatic rings. The Labute approximate surface area is 114 Å². The van der Waals surface area contributed by atoms with Gasteiger partial charge in [-0.25, -0.2) is 9.78 Å². The van der Waals surface area contributed by atoms with Gasteiger partial charge in [0.05, 0.1) is 5.56 Å². The van der Waals surface area contributed by atoms with E-state index >= 15 is 0 Å². The molecule has 1 aliphatic rings. The first kappa shape index (κ1) is 12.4. The smallest absolute Gasteiger partial charge is 0.335 e. The van der Waals surface area contributed by atoms with E-state index in [1.165, 1.54) is 12.1 Å². The van der Waals surface area contributed by atoms with Gasteiger partial charge in [0.15, 0.2) is 5.82 Å². The van der Waals surface area contributed by atoms with Crippen LogP contribution in [0, 0.1) is 0 Å². The number of anilines is 2. The second-order valence-electron chi connectivity index (χ2n) is 4.73. The van der Waals surface area contributed by atoms with Crippen molar-refractivity contribution < 1.29 is 9.90 Å². The van der Waals surface area contributed by atoms with Crippen molar-refractivity contribution in [3.63, 3.8) is 0 Å². The number of carboxylic acids is 1. The fourth-order valence-corrected chi connectivity index (χ4v) is 2.02. The Hall–Kier alpha value is -2.63. The highest BCUT2D eigenvalue weighted by Gasteiger charge is 2.25. The molecule has 6 heteroatoms. The maximum atomic E-state index is 12.2. The second-order valence-corrected chi connectivity index (χ2v) is 4.73. The summed E-state index contributed by atoms with van der Waals surface area (Å²) in [4.78, 5) is 27.1. The standard InChI is InChI=1S/C14H13N3O3/c18-13-12(15-6-7-17(13)11-4-5-11)16-10-3-1-2-9(8-10)14(19)20/h1-3,6-8,11H,4-5H2,(H,15,16)(H,19,20). The molecule has 1 saturated carbocycles. The first-order valence-corrected chi connectivity index (χ1v) is 6.32. The molecule has 1 aromatic carbocycles. The third kappa shape index (κ3) is 2.40. The summed E-state index contributed by atoms with van der Waals surface area (Å²) in [5, 5.41) is 11.8. The molecule has 0 bridgehead atoms. The van der Waals surface area contributed by atoms with Gasteiger partial charge in [0, 0.05) is 24.1 Å². The average molecular weight is 271 g/mol. The number of nitrogens with zero attached hydrogens (tertiary/aromatic N) is 2. The van der Waals surface area contributed by atoms with Crippen LogP contribution in [0.3, 0.4) is 0 Å². The normalized spacial score (nSPS) is 14.0. The summed E-state index contributed by atoms with van der Waals surface area (Å²) in [6.07, 6.45) is 5.28. The van der Waals surface area contributed by atoms with E-state index in [1.807, 2.05) is 0 Å². The number of aromatic nitrogens is 2. The van der Waals surface area contributed by atoms with Crippen LogP contribution in [-0.2, 0) is 0 Å². The van der Waals surface area contributed by atoms with Gasteiger partial charge in [0.1, 0.15) is 0 Å². The van der Waals surface area contributed by atoms with Crippen molar-refractivity contribution in [1.82, 2.24) is 9.55 Å². The fraction of sp³-hybridized carbons (Fsp3) is 0.214. The lowest BCUT2D eigenvalue weighted by Gasteiger charge is -2.08. The molecule has 0 aliphatic heterocycles. The molecule has 0 atom stereocenters. The Bertz CT molecular complexity index is 720. The number of benzene rings is 1. The average Bonchev–Trinajstić information content (AvgIpc) is 3.26. The number of nitrogens with one attached hydrogen (secondary N) is 1. The van der Waals surface area contributed by atoms with E-state index in [0.717, 1.165) is 12.8 Å². The molecule has 0 amide bonds. The zero-order valence-corrected chi connectivity index (χ0v) is 10.6. The van der Waals surface area contributed by atoms with Crippen LogP contribution in [0.1, 0.15) is 29.2 Å². The van der Waals surface area contributed by atoms with Crippen LogP contribution in [0.15, 0.2) is 41.5 Å². The molecular weight excluding hydrogens is 258 g/mol. The molecule has 102 valence electrons. The summed E-state index contributed by atoms with van der Waals surface area (Å²) in [7, 11) is 0. The van der Waals surface area contributed by atoms with Crippen LogP contribution in [-0.4, -0.2) is 20.6 Å². The largest absolute Gasteiger partial charge is 0.478 e. The van der Waals surface area contributed by atoms with Crippen molar-refractivity contribution in [2.45, 2.75) is 18.9 Å². The summed E-state index contributed by atoms with van der Waals surface area (Å²) in [6.45, 7) is 0. The van der Waals surface area contributed by atoms with Gasteiger partial charge in [-0.1, -0.05) is 6.07 Å². The zero-order chi connectivity index (χ0) is 14.1. The fourth-order valence-electron chi connectivity index (χ4n) is 2.02. The first-order valence-electron chi connectivity index (χ1n) is 6.32. The van der Waals surface area contributed by atoms with Gasteiger partial charge in [-0.05, 0) is 31.0 Å². The molecule has 2 N–H and O–H groups in total. The molecule has 0 radical (unpaired) electrons. The molecule has 6 nitrogen and oxygen atoms in total. The molecule has 1 fully saturated rings. The molecule has 0 saturated heterocycles. The SMILES string of the molecule is O=C(O)c1cccc(Nc2nccn(C3CC3)c2=O)c1. The predicted octanol–water partition coefficient (Wildman–Crippen LogP) is 2.02. The Kier molecular flexibility index (Phi) is 2.98. The van der Waals surface area contributed by atoms with Gasteiger partial charge in [0.25, 0.3) is 5.56 Å². The minimum Gasteiger partial charge on any atom is -0.478 e. The topological polar surface area (TPSA) is 84.2 Å². The van der Waals surface area contributed by atoms with Gasteiger partial charge in [-0.2, -0.15) is 0 Å². The summed E-state index contributed by atoms with van der Waals surface area (Å²) in [5.74, 6) is -0.799. The number of hydrogen-bond acceptors (Lipinski definition) is 4. The molecule has 1 heterocycles. The molecule has 1 aliphatic carbocycles. The van der Waals surface area contributed by atoms with Crippen molar-refractivity contribution >= 4 is 17.5 Å².